The molecule has 2 N–H and O–H groups in total. The van der Waals surface area contributed by atoms with E-state index in [0.29, 0.717) is 5.69 Å². The summed E-state index contributed by atoms with van der Waals surface area (Å²) in [5.41, 5.74) is 0.622. The summed E-state index contributed by atoms with van der Waals surface area (Å²) in [5.74, 6) is -1.07. The molecule has 2 rings (SSSR count). The van der Waals surface area contributed by atoms with Crippen LogP contribution in [-0.4, -0.2) is 41.3 Å². The maximum atomic E-state index is 11.7. The summed E-state index contributed by atoms with van der Waals surface area (Å²) in [6.45, 7) is 0.0781. The number of aromatic hydroxyl groups is 1. The van der Waals surface area contributed by atoms with Gasteiger partial charge in [0.1, 0.15) is 12.4 Å². The molecule has 1 unspecified atom stereocenters. The molecule has 1 atom stereocenters. The molecule has 96 valence electrons. The Balaban J connectivity index is 2.12. The smallest absolute Gasteiger partial charge is 0.306 e. The van der Waals surface area contributed by atoms with Crippen molar-refractivity contribution in [3.05, 3.63) is 24.3 Å². The zero-order valence-corrected chi connectivity index (χ0v) is 9.57. The monoisotopic (exact) mass is 251 g/mol. The van der Waals surface area contributed by atoms with Crippen molar-refractivity contribution in [1.29, 1.82) is 0 Å². The molecular formula is C12H13NO5. The fourth-order valence-electron chi connectivity index (χ4n) is 1.83. The van der Waals surface area contributed by atoms with Gasteiger partial charge in [-0.1, -0.05) is 0 Å². The number of carboxylic acid groups (broad SMARTS) is 1. The predicted molar refractivity (Wildman–Crippen MR) is 62.5 cm³/mol. The Morgan fingerprint density at radius 1 is 1.39 bits per heavy atom. The summed E-state index contributed by atoms with van der Waals surface area (Å²) in [4.78, 5) is 23.8. The van der Waals surface area contributed by atoms with Crippen molar-refractivity contribution in [3.8, 4) is 5.75 Å². The molecule has 1 fully saturated rings. The van der Waals surface area contributed by atoms with Gasteiger partial charge in [0, 0.05) is 5.69 Å². The number of carbonyl (C=O) groups is 2. The number of rotatable bonds is 3. The van der Waals surface area contributed by atoms with Gasteiger partial charge in [0.15, 0.2) is 0 Å². The zero-order chi connectivity index (χ0) is 13.1. The molecule has 1 saturated heterocycles. The standard InChI is InChI=1S/C12H13NO5/c14-9-3-1-8(2-4-9)13-6-10(5-12(16)17)18-7-11(13)15/h1-4,10,14H,5-7H2,(H,16,17). The number of amides is 1. The molecule has 0 aromatic heterocycles. The Morgan fingerprint density at radius 3 is 2.67 bits per heavy atom. The van der Waals surface area contributed by atoms with Crippen molar-refractivity contribution in [2.75, 3.05) is 18.1 Å². The van der Waals surface area contributed by atoms with Crippen LogP contribution in [-0.2, 0) is 14.3 Å². The summed E-state index contributed by atoms with van der Waals surface area (Å²) >= 11 is 0. The molecule has 1 aromatic carbocycles. The van der Waals surface area contributed by atoms with Crippen LogP contribution in [0.1, 0.15) is 6.42 Å². The Hall–Kier alpha value is -2.08. The second-order valence-electron chi connectivity index (χ2n) is 4.05. The van der Waals surface area contributed by atoms with Crippen molar-refractivity contribution in [2.45, 2.75) is 12.5 Å². The van der Waals surface area contributed by atoms with Crippen LogP contribution in [0, 0.1) is 0 Å². The van der Waals surface area contributed by atoms with Gasteiger partial charge >= 0.3 is 5.97 Å². The van der Waals surface area contributed by atoms with E-state index in [1.54, 1.807) is 12.1 Å². The van der Waals surface area contributed by atoms with E-state index in [4.69, 9.17) is 9.84 Å². The van der Waals surface area contributed by atoms with Crippen LogP contribution < -0.4 is 4.90 Å². The predicted octanol–water partition coefficient (Wildman–Crippen LogP) is 0.599. The first kappa shape index (κ1) is 12.4. The van der Waals surface area contributed by atoms with Crippen LogP contribution in [0.3, 0.4) is 0 Å². The van der Waals surface area contributed by atoms with Gasteiger partial charge in [0.05, 0.1) is 19.1 Å². The highest BCUT2D eigenvalue weighted by Gasteiger charge is 2.28. The quantitative estimate of drug-likeness (QED) is 0.821. The van der Waals surface area contributed by atoms with E-state index in [-0.39, 0.29) is 31.2 Å². The number of phenolic OH excluding ortho intramolecular Hbond substituents is 1. The van der Waals surface area contributed by atoms with Gasteiger partial charge in [0.25, 0.3) is 5.91 Å². The van der Waals surface area contributed by atoms with E-state index in [0.717, 1.165) is 0 Å². The fourth-order valence-corrected chi connectivity index (χ4v) is 1.83. The fraction of sp³-hybridized carbons (Fsp3) is 0.333. The molecule has 1 heterocycles. The number of nitrogens with zero attached hydrogens (tertiary/aromatic N) is 1. The highest BCUT2D eigenvalue weighted by atomic mass is 16.5. The number of carboxylic acids is 1. The van der Waals surface area contributed by atoms with Crippen molar-refractivity contribution >= 4 is 17.6 Å². The Kier molecular flexibility index (Phi) is 3.47. The Bertz CT molecular complexity index is 456. The maximum Gasteiger partial charge on any atom is 0.306 e. The molecule has 0 saturated carbocycles. The number of phenols is 1. The van der Waals surface area contributed by atoms with Gasteiger partial charge in [0.2, 0.25) is 0 Å². The van der Waals surface area contributed by atoms with Crippen LogP contribution in [0.25, 0.3) is 0 Å². The molecule has 6 heteroatoms. The molecule has 0 bridgehead atoms. The summed E-state index contributed by atoms with van der Waals surface area (Å²) in [7, 11) is 0. The van der Waals surface area contributed by atoms with Gasteiger partial charge < -0.3 is 19.8 Å². The van der Waals surface area contributed by atoms with Crippen LogP contribution in [0.4, 0.5) is 5.69 Å². The largest absolute Gasteiger partial charge is 0.508 e. The van der Waals surface area contributed by atoms with Crippen LogP contribution in [0.5, 0.6) is 5.75 Å². The topological polar surface area (TPSA) is 87.1 Å². The lowest BCUT2D eigenvalue weighted by molar-refractivity contribution is -0.143. The molecule has 6 nitrogen and oxygen atoms in total. The van der Waals surface area contributed by atoms with Crippen molar-refractivity contribution < 1.29 is 24.5 Å². The normalized spacial score (nSPS) is 19.9. The number of morpholine rings is 1. The first-order valence-corrected chi connectivity index (χ1v) is 5.49. The second-order valence-corrected chi connectivity index (χ2v) is 4.05. The molecule has 18 heavy (non-hydrogen) atoms. The highest BCUT2D eigenvalue weighted by Crippen LogP contribution is 2.22. The number of aliphatic carboxylic acids is 1. The van der Waals surface area contributed by atoms with E-state index < -0.39 is 12.1 Å². The summed E-state index contributed by atoms with van der Waals surface area (Å²) < 4.78 is 5.16. The van der Waals surface area contributed by atoms with E-state index in [1.807, 2.05) is 0 Å². The molecule has 1 aliphatic heterocycles. The average molecular weight is 251 g/mol. The molecule has 0 radical (unpaired) electrons. The minimum Gasteiger partial charge on any atom is -0.508 e. The number of ether oxygens (including phenoxy) is 1. The number of carbonyl (C=O) groups excluding carboxylic acids is 1. The molecule has 1 aromatic rings. The molecular weight excluding hydrogens is 238 g/mol. The minimum atomic E-state index is -0.958. The van der Waals surface area contributed by atoms with Gasteiger partial charge in [-0.25, -0.2) is 0 Å². The van der Waals surface area contributed by atoms with Crippen molar-refractivity contribution in [2.24, 2.45) is 0 Å². The zero-order valence-electron chi connectivity index (χ0n) is 9.57. The number of hydrogen-bond acceptors (Lipinski definition) is 4. The van der Waals surface area contributed by atoms with Gasteiger partial charge in [-0.05, 0) is 24.3 Å². The van der Waals surface area contributed by atoms with E-state index in [9.17, 15) is 14.7 Å². The Labute approximate surface area is 103 Å². The second kappa shape index (κ2) is 5.05. The lowest BCUT2D eigenvalue weighted by Crippen LogP contribution is -2.47. The summed E-state index contributed by atoms with van der Waals surface area (Å²) in [5, 5.41) is 17.9. The van der Waals surface area contributed by atoms with Gasteiger partial charge in [-0.15, -0.1) is 0 Å². The van der Waals surface area contributed by atoms with E-state index >= 15 is 0 Å². The molecule has 1 amide bonds. The van der Waals surface area contributed by atoms with E-state index in [1.165, 1.54) is 17.0 Å². The third-order valence-corrected chi connectivity index (χ3v) is 2.69. The third kappa shape index (κ3) is 2.78. The van der Waals surface area contributed by atoms with Crippen molar-refractivity contribution in [3.63, 3.8) is 0 Å². The Morgan fingerprint density at radius 2 is 2.06 bits per heavy atom. The number of benzene rings is 1. The third-order valence-electron chi connectivity index (χ3n) is 2.69. The molecule has 0 spiro atoms. The van der Waals surface area contributed by atoms with Crippen molar-refractivity contribution in [1.82, 2.24) is 0 Å². The first-order chi connectivity index (χ1) is 8.56. The van der Waals surface area contributed by atoms with Gasteiger partial charge in [-0.3, -0.25) is 9.59 Å². The van der Waals surface area contributed by atoms with Crippen LogP contribution in [0.2, 0.25) is 0 Å². The van der Waals surface area contributed by atoms with Crippen LogP contribution >= 0.6 is 0 Å². The highest BCUT2D eigenvalue weighted by molar-refractivity contribution is 5.95. The average Bonchev–Trinajstić information content (AvgIpc) is 2.32. The lowest BCUT2D eigenvalue weighted by atomic mass is 10.2. The summed E-state index contributed by atoms with van der Waals surface area (Å²) in [6, 6.07) is 6.17. The summed E-state index contributed by atoms with van der Waals surface area (Å²) in [6.07, 6.45) is -0.643. The van der Waals surface area contributed by atoms with E-state index in [2.05, 4.69) is 0 Å². The maximum absolute atomic E-state index is 11.7. The first-order valence-electron chi connectivity index (χ1n) is 5.49. The lowest BCUT2D eigenvalue weighted by Gasteiger charge is -2.32. The molecule has 0 aliphatic carbocycles. The number of anilines is 1. The minimum absolute atomic E-state index is 0.113. The van der Waals surface area contributed by atoms with Crippen LogP contribution in [0.15, 0.2) is 24.3 Å². The molecule has 1 aliphatic rings. The SMILES string of the molecule is O=C(O)CC1CN(c2ccc(O)cc2)C(=O)CO1. The number of hydrogen-bond donors (Lipinski definition) is 2. The van der Waals surface area contributed by atoms with Gasteiger partial charge in [-0.2, -0.15) is 0 Å².